The maximum atomic E-state index is 13.9. The number of hydrogen-bond donors (Lipinski definition) is 20. The van der Waals surface area contributed by atoms with E-state index in [4.69, 9.17) is 9.47 Å². The van der Waals surface area contributed by atoms with Gasteiger partial charge in [-0.05, 0) is 215 Å². The molecule has 20 amide bonds. The fourth-order valence-electron chi connectivity index (χ4n) is 11.0. The summed E-state index contributed by atoms with van der Waals surface area (Å²) in [5, 5.41) is 49.4. The molecule has 46 heteroatoms. The highest BCUT2D eigenvalue weighted by molar-refractivity contribution is 8.13. The van der Waals surface area contributed by atoms with Crippen molar-refractivity contribution in [3.05, 3.63) is 59.4 Å². The van der Waals surface area contributed by atoms with Crippen LogP contribution in [0.5, 0.6) is 0 Å². The second-order valence-corrected chi connectivity index (χ2v) is 36.8. The molecule has 0 spiro atoms. The Bertz CT molecular complexity index is 4640. The fraction of sp³-hybridized carbons (Fsp3) is 0.600. The third-order valence-electron chi connectivity index (χ3n) is 19.9. The summed E-state index contributed by atoms with van der Waals surface area (Å²) in [7, 11) is 2.15. The minimum absolute atomic E-state index is 0.0188. The highest BCUT2D eigenvalue weighted by Crippen LogP contribution is 2.21. The van der Waals surface area contributed by atoms with Gasteiger partial charge in [0.1, 0.15) is 105 Å². The predicted molar refractivity (Wildman–Crippen MR) is 474 cm³/mol. The molecule has 1 aromatic rings. The molecule has 0 bridgehead atoms. The number of rotatable bonds is 48. The minimum Gasteiger partial charge on any atom is -0.469 e. The first-order valence-electron chi connectivity index (χ1n) is 41.8. The van der Waals surface area contributed by atoms with Crippen molar-refractivity contribution < 1.29 is 120 Å². The second kappa shape index (κ2) is 48.5. The monoisotopic (exact) mass is 1860 g/mol. The van der Waals surface area contributed by atoms with Crippen molar-refractivity contribution in [1.82, 2.24) is 106 Å². The summed E-state index contributed by atoms with van der Waals surface area (Å²) in [5.74, 6) is -18.9. The van der Waals surface area contributed by atoms with Gasteiger partial charge in [-0.25, -0.2) is 0 Å². The largest absolute Gasteiger partial charge is 0.469 e. The van der Waals surface area contributed by atoms with Crippen LogP contribution in [-0.2, 0) is 115 Å². The van der Waals surface area contributed by atoms with Gasteiger partial charge in [-0.15, -0.1) is 5.73 Å². The van der Waals surface area contributed by atoms with Gasteiger partial charge in [0.15, 0.2) is 5.12 Å². The van der Waals surface area contributed by atoms with Crippen molar-refractivity contribution >= 4 is 147 Å². The van der Waals surface area contributed by atoms with Crippen molar-refractivity contribution in [2.75, 3.05) is 27.3 Å². The lowest BCUT2D eigenvalue weighted by molar-refractivity contribution is -0.142. The molecule has 131 heavy (non-hydrogen) atoms. The van der Waals surface area contributed by atoms with Gasteiger partial charge in [0.05, 0.1) is 19.8 Å². The minimum atomic E-state index is -1.89. The van der Waals surface area contributed by atoms with Gasteiger partial charge in [0.25, 0.3) is 11.8 Å². The van der Waals surface area contributed by atoms with E-state index in [2.05, 4.69) is 112 Å². The van der Waals surface area contributed by atoms with Gasteiger partial charge in [-0.1, -0.05) is 17.8 Å². The Kier molecular flexibility index (Phi) is 42.2. The molecule has 10 atom stereocenters. The summed E-state index contributed by atoms with van der Waals surface area (Å²) in [5.41, 5.74) is -10.9. The van der Waals surface area contributed by atoms with Crippen LogP contribution < -0.4 is 106 Å². The average Bonchev–Trinajstić information content (AvgIpc) is 0.997. The lowest BCUT2D eigenvalue weighted by atomic mass is 10.00. The Morgan fingerprint density at radius 3 is 0.809 bits per heavy atom. The Morgan fingerprint density at radius 1 is 0.313 bits per heavy atom. The first kappa shape index (κ1) is 114. The first-order chi connectivity index (χ1) is 60.0. The summed E-state index contributed by atoms with van der Waals surface area (Å²) < 4.78 is 9.43. The molecule has 0 radical (unpaired) electrons. The fourth-order valence-corrected chi connectivity index (χ4v) is 11.6. The van der Waals surface area contributed by atoms with E-state index in [-0.39, 0.29) is 23.8 Å². The quantitative estimate of drug-likeness (QED) is 0.0128. The van der Waals surface area contributed by atoms with Crippen molar-refractivity contribution in [3.63, 3.8) is 0 Å². The number of allylic oxidation sites excluding steroid dienone is 1. The predicted octanol–water partition coefficient (Wildman–Crippen LogP) is -4.11. The number of methoxy groups -OCH3 is 2. The number of amides is 20. The molecule has 0 unspecified atom stereocenters. The molecule has 0 aromatic heterocycles. The first-order valence-corrected chi connectivity index (χ1v) is 42.6. The molecule has 1 aliphatic rings. The molecule has 0 aliphatic heterocycles. The van der Waals surface area contributed by atoms with Gasteiger partial charge in [-0.3, -0.25) is 110 Å². The summed E-state index contributed by atoms with van der Waals surface area (Å²) >= 11 is 0.971. The number of benzene rings is 1. The van der Waals surface area contributed by atoms with Crippen LogP contribution in [0.15, 0.2) is 58.7 Å². The van der Waals surface area contributed by atoms with Crippen LogP contribution in [0.2, 0.25) is 0 Å². The zero-order valence-corrected chi connectivity index (χ0v) is 80.0. The summed E-state index contributed by atoms with van der Waals surface area (Å²) in [6.07, 6.45) is 3.11. The highest BCUT2D eigenvalue weighted by Gasteiger charge is 2.44. The van der Waals surface area contributed by atoms with Crippen molar-refractivity contribution in [2.45, 2.75) is 308 Å². The standard InChI is InChI=1S/C85H130N20O25S/c1-42(88-67(118)52-32-34-53(35-33-52)131-50(9)106)58(109)99-79(12,13)71(122)94-48(7)64(115)104-84(22,23)76(127)96-55(37-39-57(108)130-27)69(120)90-44(3)60(111)101-81(16,17)73(124)92-46(5)62(113)102-82(18,19)74(125)93-47(6)63(114)103-83(20,21)75(126)95-49(8)65(116)105-85(24,25)77(128)97-54(36-38-56(107)129-26)68(119)89-43(2)59(110)100-80(14,15)72(123)91-45(4)61(112)98-78(10,11)70(121)87-41-40-86-66(117)51-30-28-29-31-51/h28-30,32-35,42-49,54-55H,36-41H2,1-27H3,(H,86,117)(H,87,121)(H,88,118)(H,89,119)(H,90,120)(H,91,123)(H,92,124)(H,93,125)(H,94,122)(H,95,126)(H,96,127)(H,97,128)(H,98,112)(H,99,109)(H,100,110)(H,101,111)(H,102,113)(H,103,114)(H,104,115)(H,105,116)/t42-,43-,44-,45-,46-,47-,48-,49-,54-,55-/m0/s1. The van der Waals surface area contributed by atoms with Crippen LogP contribution in [-0.4, -0.2) is 267 Å². The molecule has 726 valence electrons. The molecule has 0 heterocycles. The Hall–Kier alpha value is -13.2. The van der Waals surface area contributed by atoms with E-state index in [1.165, 1.54) is 185 Å². The number of carbonyl (C=O) groups excluding carboxylic acids is 23. The van der Waals surface area contributed by atoms with E-state index < -0.39 is 260 Å². The molecule has 20 N–H and O–H groups in total. The normalized spacial score (nSPS) is 14.4. The van der Waals surface area contributed by atoms with E-state index in [1.54, 1.807) is 30.4 Å². The second-order valence-electron chi connectivity index (χ2n) is 35.5. The van der Waals surface area contributed by atoms with Crippen LogP contribution in [0.25, 0.3) is 0 Å². The van der Waals surface area contributed by atoms with Crippen molar-refractivity contribution in [2.24, 2.45) is 0 Å². The lowest BCUT2D eigenvalue weighted by Crippen LogP contribution is -2.65. The molecule has 0 fully saturated rings. The molecule has 2 rings (SSSR count). The smallest absolute Gasteiger partial charge is 0.305 e. The molecule has 0 saturated carbocycles. The van der Waals surface area contributed by atoms with Crippen LogP contribution in [0.3, 0.4) is 0 Å². The van der Waals surface area contributed by atoms with Crippen LogP contribution >= 0.6 is 11.8 Å². The van der Waals surface area contributed by atoms with E-state index in [0.29, 0.717) is 10.5 Å². The third kappa shape index (κ3) is 36.7. The Labute approximate surface area is 764 Å². The van der Waals surface area contributed by atoms with Crippen molar-refractivity contribution in [3.8, 4) is 0 Å². The molecular weight excluding hydrogens is 1730 g/mol. The SMILES string of the molecule is COC(=O)CC[C@H](NC(=O)C(C)(C)NC(=O)[C@H](C)NC(=O)C(C)(C)NC(=O)[C@H](C)NC(=O)c1ccc(SC(C)=O)cc1)C(=O)N[C@@H](C)C(=O)NC(C)(C)C(=O)N[C@@H](C)C(=O)NC(C)(C)C(=O)N[C@@H](C)C(=O)NC(C)(C)C(=O)N[C@@H](C)C(=O)NC(C)(C)C(=O)N[C@@H](CCC(=O)OC)C(=O)N[C@@H](C)C(=O)NC(C)(C)C(=O)N[C@@H](C)C(=O)NC(C)(C)C(=O)NCCNC(=O)C1=C=CC=C1. The maximum absolute atomic E-state index is 13.9. The number of esters is 2. The molecule has 45 nitrogen and oxygen atoms in total. The van der Waals surface area contributed by atoms with Gasteiger partial charge < -0.3 is 116 Å². The molecule has 1 aliphatic carbocycles. The zero-order valence-electron chi connectivity index (χ0n) is 79.2. The number of carbonyl (C=O) groups is 23. The molecule has 1 aromatic carbocycles. The van der Waals surface area contributed by atoms with E-state index >= 15 is 0 Å². The number of ether oxygens (including phenoxy) is 2. The molecular formula is C85H130N20O25S. The highest BCUT2D eigenvalue weighted by atomic mass is 32.2. The van der Waals surface area contributed by atoms with Crippen molar-refractivity contribution in [1.29, 1.82) is 0 Å². The lowest BCUT2D eigenvalue weighted by Gasteiger charge is -2.32. The summed E-state index contributed by atoms with van der Waals surface area (Å²) in [6, 6.07) is -8.01. The van der Waals surface area contributed by atoms with Crippen LogP contribution in [0.1, 0.15) is 209 Å². The Balaban J connectivity index is 2.02. The average molecular weight is 1860 g/mol. The van der Waals surface area contributed by atoms with Crippen LogP contribution in [0.4, 0.5) is 0 Å². The third-order valence-corrected chi connectivity index (χ3v) is 20.7. The van der Waals surface area contributed by atoms with E-state index in [9.17, 15) is 110 Å². The molecule has 0 saturated heterocycles. The van der Waals surface area contributed by atoms with Crippen LogP contribution in [0, 0.1) is 0 Å². The van der Waals surface area contributed by atoms with E-state index in [1.807, 2.05) is 0 Å². The zero-order chi connectivity index (χ0) is 101. The Morgan fingerprint density at radius 2 is 0.557 bits per heavy atom. The maximum Gasteiger partial charge on any atom is 0.305 e. The summed E-state index contributed by atoms with van der Waals surface area (Å²) in [6.45, 7) is 32.3. The van der Waals surface area contributed by atoms with Gasteiger partial charge in [-0.2, -0.15) is 0 Å². The number of hydrogen-bond acceptors (Lipinski definition) is 26. The van der Waals surface area contributed by atoms with Gasteiger partial charge >= 0.3 is 11.9 Å². The van der Waals surface area contributed by atoms with Gasteiger partial charge in [0, 0.05) is 43.3 Å². The number of nitrogens with one attached hydrogen (secondary N) is 20. The topological polar surface area (TPSA) is 652 Å². The summed E-state index contributed by atoms with van der Waals surface area (Å²) in [4.78, 5) is 306. The number of thioether (sulfide) groups is 1. The van der Waals surface area contributed by atoms with E-state index in [0.717, 1.165) is 26.0 Å². The van der Waals surface area contributed by atoms with Gasteiger partial charge in [0.2, 0.25) is 106 Å².